The first-order valence-corrected chi connectivity index (χ1v) is 11.0. The van der Waals surface area contributed by atoms with Gasteiger partial charge in [-0.3, -0.25) is 4.79 Å². The van der Waals surface area contributed by atoms with Gasteiger partial charge in [-0.05, 0) is 37.1 Å². The molecule has 1 amide bonds. The minimum atomic E-state index is -4.83. The van der Waals surface area contributed by atoms with Crippen molar-refractivity contribution in [2.75, 3.05) is 0 Å². The predicted molar refractivity (Wildman–Crippen MR) is 111 cm³/mol. The summed E-state index contributed by atoms with van der Waals surface area (Å²) in [5, 5.41) is 2.61. The van der Waals surface area contributed by atoms with E-state index in [1.165, 1.54) is 24.3 Å². The van der Waals surface area contributed by atoms with Gasteiger partial charge in [0, 0.05) is 24.2 Å². The van der Waals surface area contributed by atoms with E-state index in [1.807, 2.05) is 0 Å². The monoisotopic (exact) mass is 456 g/mol. The van der Waals surface area contributed by atoms with Crippen LogP contribution in [0.5, 0.6) is 5.75 Å². The molecular formula is C21H23F3N2O4S. The highest BCUT2D eigenvalue weighted by Gasteiger charge is 2.31. The minimum absolute atomic E-state index is 0.107. The van der Waals surface area contributed by atoms with Crippen molar-refractivity contribution in [3.8, 4) is 5.75 Å². The molecule has 0 heterocycles. The van der Waals surface area contributed by atoms with Gasteiger partial charge < -0.3 is 10.1 Å². The summed E-state index contributed by atoms with van der Waals surface area (Å²) in [6.45, 7) is 3.64. The number of para-hydroxylation sites is 1. The predicted octanol–water partition coefficient (Wildman–Crippen LogP) is 3.74. The number of hydrogen-bond donors (Lipinski definition) is 2. The number of carbonyl (C=O) groups excluding carboxylic acids is 1. The largest absolute Gasteiger partial charge is 0.573 e. The summed E-state index contributed by atoms with van der Waals surface area (Å²) >= 11 is 0. The number of carbonyl (C=O) groups is 1. The zero-order valence-corrected chi connectivity index (χ0v) is 17.8. The Morgan fingerprint density at radius 1 is 1.06 bits per heavy atom. The molecule has 168 valence electrons. The van der Waals surface area contributed by atoms with Crippen LogP contribution in [0, 0.1) is 0 Å². The number of benzene rings is 2. The molecule has 10 heteroatoms. The normalized spacial score (nSPS) is 12.3. The third kappa shape index (κ3) is 9.22. The molecule has 0 aliphatic carbocycles. The fraction of sp³-hybridized carbons (Fsp3) is 0.286. The Morgan fingerprint density at radius 2 is 1.68 bits per heavy atom. The molecule has 2 N–H and O–H groups in total. The third-order valence-corrected chi connectivity index (χ3v) is 5.36. The van der Waals surface area contributed by atoms with Crippen molar-refractivity contribution < 1.29 is 31.1 Å². The van der Waals surface area contributed by atoms with Crippen molar-refractivity contribution in [2.45, 2.75) is 38.5 Å². The van der Waals surface area contributed by atoms with Crippen LogP contribution in [0.25, 0.3) is 6.08 Å². The van der Waals surface area contributed by atoms with Crippen LogP contribution in [0.1, 0.15) is 30.5 Å². The van der Waals surface area contributed by atoms with Gasteiger partial charge in [0.25, 0.3) is 0 Å². The number of alkyl halides is 3. The van der Waals surface area contributed by atoms with Gasteiger partial charge in [-0.2, -0.15) is 0 Å². The van der Waals surface area contributed by atoms with Crippen molar-refractivity contribution in [3.05, 3.63) is 71.3 Å². The second-order valence-electron chi connectivity index (χ2n) is 6.98. The second-order valence-corrected chi connectivity index (χ2v) is 8.74. The van der Waals surface area contributed by atoms with Crippen molar-refractivity contribution in [1.29, 1.82) is 0 Å². The van der Waals surface area contributed by atoms with Gasteiger partial charge in [0.15, 0.2) is 0 Å². The molecule has 0 aliphatic rings. The Bertz CT molecular complexity index is 1020. The van der Waals surface area contributed by atoms with Crippen molar-refractivity contribution >= 4 is 22.0 Å². The van der Waals surface area contributed by atoms with Crippen LogP contribution in [0.15, 0.2) is 54.6 Å². The Labute approximate surface area is 179 Å². The Balaban J connectivity index is 1.92. The molecule has 0 atom stereocenters. The summed E-state index contributed by atoms with van der Waals surface area (Å²) in [4.78, 5) is 12.0. The first-order valence-electron chi connectivity index (χ1n) is 9.32. The molecule has 2 aromatic carbocycles. The molecule has 31 heavy (non-hydrogen) atoms. The molecule has 6 nitrogen and oxygen atoms in total. The fourth-order valence-electron chi connectivity index (χ4n) is 2.62. The summed E-state index contributed by atoms with van der Waals surface area (Å²) in [6, 6.07) is 12.0. The minimum Gasteiger partial charge on any atom is -0.405 e. The van der Waals surface area contributed by atoms with Crippen LogP contribution in [-0.4, -0.2) is 26.7 Å². The maximum Gasteiger partial charge on any atom is 0.573 e. The van der Waals surface area contributed by atoms with E-state index in [1.54, 1.807) is 38.1 Å². The number of rotatable bonds is 9. The van der Waals surface area contributed by atoms with Crippen LogP contribution >= 0.6 is 0 Å². The maximum atomic E-state index is 12.4. The molecule has 0 fully saturated rings. The molecule has 0 radical (unpaired) electrons. The van der Waals surface area contributed by atoms with Gasteiger partial charge in [0.1, 0.15) is 5.75 Å². The van der Waals surface area contributed by atoms with Crippen LogP contribution in [0.2, 0.25) is 0 Å². The van der Waals surface area contributed by atoms with Crippen LogP contribution in [0.4, 0.5) is 13.2 Å². The van der Waals surface area contributed by atoms with E-state index >= 15 is 0 Å². The van der Waals surface area contributed by atoms with Gasteiger partial charge in [0.2, 0.25) is 15.9 Å². The van der Waals surface area contributed by atoms with E-state index in [0.717, 1.165) is 17.7 Å². The Kier molecular flexibility index (Phi) is 8.23. The molecule has 0 spiro atoms. The quantitative estimate of drug-likeness (QED) is 0.563. The molecule has 0 bridgehead atoms. The highest BCUT2D eigenvalue weighted by Crippen LogP contribution is 2.26. The number of halogens is 3. The number of nitrogens with one attached hydrogen (secondary N) is 2. The summed E-state index contributed by atoms with van der Waals surface area (Å²) < 4.78 is 67.7. The second kappa shape index (κ2) is 10.5. The first-order chi connectivity index (χ1) is 14.4. The summed E-state index contributed by atoms with van der Waals surface area (Å²) in [6.07, 6.45) is -2.49. The van der Waals surface area contributed by atoms with Crippen LogP contribution < -0.4 is 14.8 Å². The molecule has 2 aromatic rings. The van der Waals surface area contributed by atoms with E-state index in [4.69, 9.17) is 0 Å². The molecule has 0 saturated heterocycles. The van der Waals surface area contributed by atoms with E-state index in [-0.39, 0.29) is 23.9 Å². The fourth-order valence-corrected chi connectivity index (χ4v) is 4.06. The number of amides is 1. The smallest absolute Gasteiger partial charge is 0.405 e. The number of sulfonamides is 1. The number of ether oxygens (including phenoxy) is 1. The topological polar surface area (TPSA) is 84.5 Å². The average Bonchev–Trinajstić information content (AvgIpc) is 2.64. The van der Waals surface area contributed by atoms with Crippen LogP contribution in [-0.2, 0) is 27.1 Å². The van der Waals surface area contributed by atoms with Gasteiger partial charge in [0.05, 0.1) is 5.75 Å². The van der Waals surface area contributed by atoms with Crippen molar-refractivity contribution in [1.82, 2.24) is 10.0 Å². The van der Waals surface area contributed by atoms with Crippen LogP contribution in [0.3, 0.4) is 0 Å². The molecule has 0 aliphatic heterocycles. The lowest BCUT2D eigenvalue weighted by Crippen LogP contribution is -2.31. The van der Waals surface area contributed by atoms with E-state index in [2.05, 4.69) is 14.8 Å². The molecule has 0 unspecified atom stereocenters. The average molecular weight is 456 g/mol. The van der Waals surface area contributed by atoms with E-state index in [0.29, 0.717) is 5.56 Å². The Morgan fingerprint density at radius 3 is 2.29 bits per heavy atom. The summed E-state index contributed by atoms with van der Waals surface area (Å²) in [7, 11) is -3.43. The van der Waals surface area contributed by atoms with Crippen molar-refractivity contribution in [3.63, 3.8) is 0 Å². The van der Waals surface area contributed by atoms with Crippen molar-refractivity contribution in [2.24, 2.45) is 0 Å². The van der Waals surface area contributed by atoms with Gasteiger partial charge in [-0.25, -0.2) is 13.1 Å². The zero-order valence-electron chi connectivity index (χ0n) is 16.9. The van der Waals surface area contributed by atoms with Gasteiger partial charge >= 0.3 is 6.36 Å². The van der Waals surface area contributed by atoms with E-state index < -0.39 is 28.0 Å². The highest BCUT2D eigenvalue weighted by molar-refractivity contribution is 7.88. The molecule has 0 aromatic heterocycles. The van der Waals surface area contributed by atoms with Gasteiger partial charge in [-0.1, -0.05) is 42.5 Å². The zero-order chi connectivity index (χ0) is 23.1. The SMILES string of the molecule is CC(C)NS(=O)(=O)Cc1ccc(CNC(=O)/C=C/c2ccccc2OC(F)(F)F)cc1. The van der Waals surface area contributed by atoms with E-state index in [9.17, 15) is 26.4 Å². The molecule has 0 saturated carbocycles. The third-order valence-electron chi connectivity index (χ3n) is 3.82. The lowest BCUT2D eigenvalue weighted by atomic mass is 10.1. The summed E-state index contributed by atoms with van der Waals surface area (Å²) in [5.41, 5.74) is 1.44. The number of hydrogen-bond acceptors (Lipinski definition) is 4. The highest BCUT2D eigenvalue weighted by atomic mass is 32.2. The standard InChI is InChI=1S/C21H23F3N2O4S/c1-15(2)26-31(28,29)14-17-9-7-16(8-10-17)13-25-20(27)12-11-18-5-3-4-6-19(18)30-21(22,23)24/h3-12,15,26H,13-14H2,1-2H3,(H,25,27)/b12-11+. The lowest BCUT2D eigenvalue weighted by Gasteiger charge is -2.11. The first kappa shape index (κ1) is 24.4. The maximum absolute atomic E-state index is 12.4. The van der Waals surface area contributed by atoms with Gasteiger partial charge in [-0.15, -0.1) is 13.2 Å². The lowest BCUT2D eigenvalue weighted by molar-refractivity contribution is -0.274. The summed E-state index contributed by atoms with van der Waals surface area (Å²) in [5.74, 6) is -1.06. The molecule has 2 rings (SSSR count). The Hall–Kier alpha value is -2.85. The molecular weight excluding hydrogens is 433 g/mol.